The van der Waals surface area contributed by atoms with Gasteiger partial charge in [-0.25, -0.2) is 4.21 Å². The molecule has 1 aromatic carbocycles. The van der Waals surface area contributed by atoms with Crippen LogP contribution in [0.5, 0.6) is 0 Å². The van der Waals surface area contributed by atoms with E-state index in [9.17, 15) is 17.4 Å². The van der Waals surface area contributed by atoms with Crippen LogP contribution in [0, 0.1) is 0 Å². The number of benzene rings is 1. The summed E-state index contributed by atoms with van der Waals surface area (Å²) in [5, 5.41) is 0. The Labute approximate surface area is 80.5 Å². The van der Waals surface area contributed by atoms with E-state index < -0.39 is 16.6 Å². The first-order valence-corrected chi connectivity index (χ1v) is 4.54. The number of halogens is 3. The molecule has 0 amide bonds. The number of hydrogen-bond acceptors (Lipinski definition) is 3. The summed E-state index contributed by atoms with van der Waals surface area (Å²) in [7, 11) is 0. The SMILES string of the molecule is O=[S@@](ONc1ccccc1)C(F)(F)F. The monoisotopic (exact) mass is 225 g/mol. The minimum absolute atomic E-state index is 0.296. The number of hydrogen-bond donors (Lipinski definition) is 1. The summed E-state index contributed by atoms with van der Waals surface area (Å²) >= 11 is -3.35. The zero-order valence-electron chi connectivity index (χ0n) is 6.75. The normalized spacial score (nSPS) is 13.6. The Morgan fingerprint density at radius 3 is 2.29 bits per heavy atom. The van der Waals surface area contributed by atoms with Crippen molar-refractivity contribution in [2.24, 2.45) is 0 Å². The molecule has 0 aliphatic heterocycles. The first-order chi connectivity index (χ1) is 6.50. The van der Waals surface area contributed by atoms with Gasteiger partial charge in [0.2, 0.25) is 0 Å². The van der Waals surface area contributed by atoms with E-state index in [1.807, 2.05) is 5.48 Å². The van der Waals surface area contributed by atoms with Crippen molar-refractivity contribution in [1.82, 2.24) is 0 Å². The van der Waals surface area contributed by atoms with Gasteiger partial charge in [-0.1, -0.05) is 18.2 Å². The van der Waals surface area contributed by atoms with E-state index >= 15 is 0 Å². The molecule has 0 saturated heterocycles. The molecule has 0 radical (unpaired) electrons. The first-order valence-electron chi connectivity index (χ1n) is 3.47. The van der Waals surface area contributed by atoms with E-state index in [0.29, 0.717) is 5.69 Å². The van der Waals surface area contributed by atoms with Crippen LogP contribution in [0.4, 0.5) is 18.9 Å². The Hall–Kier alpha value is -1.08. The van der Waals surface area contributed by atoms with Gasteiger partial charge in [-0.15, -0.1) is 0 Å². The summed E-state index contributed by atoms with van der Waals surface area (Å²) in [5.41, 5.74) is -2.65. The fourth-order valence-corrected chi connectivity index (χ4v) is 0.906. The number of rotatable bonds is 3. The summed E-state index contributed by atoms with van der Waals surface area (Å²) in [4.78, 5) is 0. The molecule has 0 fully saturated rings. The van der Waals surface area contributed by atoms with Gasteiger partial charge in [-0.05, 0) is 12.1 Å². The minimum atomic E-state index is -4.87. The Morgan fingerprint density at radius 1 is 1.21 bits per heavy atom. The van der Waals surface area contributed by atoms with Crippen LogP contribution in [0.15, 0.2) is 30.3 Å². The largest absolute Gasteiger partial charge is 0.499 e. The molecule has 14 heavy (non-hydrogen) atoms. The van der Waals surface area contributed by atoms with Gasteiger partial charge in [-0.3, -0.25) is 5.48 Å². The van der Waals surface area contributed by atoms with Crippen LogP contribution in [-0.4, -0.2) is 9.72 Å². The van der Waals surface area contributed by atoms with Crippen LogP contribution >= 0.6 is 0 Å². The van der Waals surface area contributed by atoms with Gasteiger partial charge in [0.05, 0.1) is 5.69 Å². The average Bonchev–Trinajstić information content (AvgIpc) is 2.14. The highest BCUT2D eigenvalue weighted by molar-refractivity contribution is 7.81. The molecule has 0 saturated carbocycles. The molecule has 3 nitrogen and oxygen atoms in total. The van der Waals surface area contributed by atoms with Crippen molar-refractivity contribution in [3.8, 4) is 0 Å². The van der Waals surface area contributed by atoms with Crippen LogP contribution in [0.1, 0.15) is 0 Å². The number of para-hydroxylation sites is 1. The molecule has 0 aromatic heterocycles. The lowest BCUT2D eigenvalue weighted by molar-refractivity contribution is -0.0459. The molecule has 0 spiro atoms. The Bertz CT molecular complexity index is 314. The third kappa shape index (κ3) is 3.35. The van der Waals surface area contributed by atoms with Gasteiger partial charge in [0.1, 0.15) is 0 Å². The van der Waals surface area contributed by atoms with E-state index in [-0.39, 0.29) is 0 Å². The molecule has 1 atom stereocenters. The second-order valence-electron chi connectivity index (χ2n) is 2.23. The molecule has 0 heterocycles. The molecule has 0 bridgehead atoms. The topological polar surface area (TPSA) is 38.3 Å². The Morgan fingerprint density at radius 2 is 1.79 bits per heavy atom. The van der Waals surface area contributed by atoms with Crippen LogP contribution in [0.3, 0.4) is 0 Å². The maximum atomic E-state index is 11.7. The maximum Gasteiger partial charge on any atom is 0.499 e. The average molecular weight is 225 g/mol. The highest BCUT2D eigenvalue weighted by Crippen LogP contribution is 2.21. The predicted molar refractivity (Wildman–Crippen MR) is 45.3 cm³/mol. The molecule has 0 unspecified atom stereocenters. The van der Waals surface area contributed by atoms with Gasteiger partial charge in [0.15, 0.2) is 0 Å². The van der Waals surface area contributed by atoms with E-state index in [1.54, 1.807) is 18.2 Å². The first kappa shape index (κ1) is 11.0. The fourth-order valence-electron chi connectivity index (χ4n) is 0.639. The smallest absolute Gasteiger partial charge is 0.251 e. The van der Waals surface area contributed by atoms with Crippen molar-refractivity contribution >= 4 is 16.8 Å². The molecule has 78 valence electrons. The predicted octanol–water partition coefficient (Wildman–Crippen LogP) is 2.21. The van der Waals surface area contributed by atoms with Gasteiger partial charge in [0, 0.05) is 0 Å². The van der Waals surface area contributed by atoms with Crippen LogP contribution in [0.2, 0.25) is 0 Å². The minimum Gasteiger partial charge on any atom is -0.251 e. The van der Waals surface area contributed by atoms with Crippen LogP contribution < -0.4 is 5.48 Å². The molecular weight excluding hydrogens is 219 g/mol. The number of nitrogens with one attached hydrogen (secondary N) is 1. The highest BCUT2D eigenvalue weighted by atomic mass is 32.2. The maximum absolute atomic E-state index is 11.7. The molecule has 1 rings (SSSR count). The van der Waals surface area contributed by atoms with Crippen molar-refractivity contribution in [1.29, 1.82) is 0 Å². The summed E-state index contributed by atoms with van der Waals surface area (Å²) < 4.78 is 49.3. The van der Waals surface area contributed by atoms with E-state index in [4.69, 9.17) is 0 Å². The number of alkyl halides is 3. The molecule has 1 aromatic rings. The van der Waals surface area contributed by atoms with Crippen LogP contribution in [-0.2, 0) is 15.4 Å². The van der Waals surface area contributed by atoms with E-state index in [2.05, 4.69) is 4.28 Å². The third-order valence-corrected chi connectivity index (χ3v) is 1.81. The van der Waals surface area contributed by atoms with Crippen molar-refractivity contribution in [3.63, 3.8) is 0 Å². The second kappa shape index (κ2) is 4.43. The third-order valence-electron chi connectivity index (χ3n) is 1.20. The lowest BCUT2D eigenvalue weighted by Crippen LogP contribution is -2.20. The Balaban J connectivity index is 2.46. The lowest BCUT2D eigenvalue weighted by Gasteiger charge is -2.07. The zero-order valence-corrected chi connectivity index (χ0v) is 7.56. The van der Waals surface area contributed by atoms with E-state index in [1.165, 1.54) is 12.1 Å². The molecule has 0 aliphatic rings. The van der Waals surface area contributed by atoms with E-state index in [0.717, 1.165) is 0 Å². The quantitative estimate of drug-likeness (QED) is 0.801. The van der Waals surface area contributed by atoms with Gasteiger partial charge in [0.25, 0.3) is 11.1 Å². The summed E-state index contributed by atoms with van der Waals surface area (Å²) in [6, 6.07) is 7.84. The van der Waals surface area contributed by atoms with Gasteiger partial charge >= 0.3 is 5.51 Å². The van der Waals surface area contributed by atoms with Gasteiger partial charge < -0.3 is 0 Å². The summed E-state index contributed by atoms with van der Waals surface area (Å²) in [6.45, 7) is 0. The highest BCUT2D eigenvalue weighted by Gasteiger charge is 2.39. The summed E-state index contributed by atoms with van der Waals surface area (Å²) in [6.07, 6.45) is 0. The van der Waals surface area contributed by atoms with Crippen LogP contribution in [0.25, 0.3) is 0 Å². The summed E-state index contributed by atoms with van der Waals surface area (Å²) in [5.74, 6) is 0. The molecule has 7 heteroatoms. The Kier molecular flexibility index (Phi) is 3.48. The standard InChI is InChI=1S/C7H6F3NO2S/c8-7(9,10)14(12)13-11-6-4-2-1-3-5-6/h1-5,11H/t14-/m0/s1. The molecule has 1 N–H and O–H groups in total. The molecule has 0 aliphatic carbocycles. The second-order valence-corrected chi connectivity index (χ2v) is 3.33. The van der Waals surface area contributed by atoms with Crippen molar-refractivity contribution in [2.45, 2.75) is 5.51 Å². The van der Waals surface area contributed by atoms with Crippen molar-refractivity contribution < 1.29 is 21.7 Å². The van der Waals surface area contributed by atoms with Gasteiger partial charge in [-0.2, -0.15) is 17.5 Å². The fraction of sp³-hybridized carbons (Fsp3) is 0.143. The van der Waals surface area contributed by atoms with Crippen molar-refractivity contribution in [2.75, 3.05) is 5.48 Å². The number of anilines is 1. The lowest BCUT2D eigenvalue weighted by atomic mass is 10.3. The zero-order chi connectivity index (χ0) is 10.6. The van der Waals surface area contributed by atoms with Crippen molar-refractivity contribution in [3.05, 3.63) is 30.3 Å². The molecular formula is C7H6F3NO2S.